The van der Waals surface area contributed by atoms with Crippen LogP contribution in [0.2, 0.25) is 0 Å². The van der Waals surface area contributed by atoms with E-state index in [1.807, 2.05) is 0 Å². The molecule has 1 fully saturated rings. The van der Waals surface area contributed by atoms with E-state index in [0.717, 1.165) is 5.56 Å². The quantitative estimate of drug-likeness (QED) is 0.651. The predicted molar refractivity (Wildman–Crippen MR) is 85.9 cm³/mol. The Morgan fingerprint density at radius 2 is 1.84 bits per heavy atom. The van der Waals surface area contributed by atoms with Crippen LogP contribution in [-0.4, -0.2) is 54.8 Å². The number of hydrogen-bond acceptors (Lipinski definition) is 6. The molecular formula is C17H16FN3O4. The van der Waals surface area contributed by atoms with Crippen LogP contribution in [0.15, 0.2) is 42.9 Å². The van der Waals surface area contributed by atoms with Crippen LogP contribution >= 0.6 is 0 Å². The van der Waals surface area contributed by atoms with E-state index < -0.39 is 31.1 Å². The molecule has 3 aromatic rings. The minimum absolute atomic E-state index is 0.335. The van der Waals surface area contributed by atoms with Gasteiger partial charge in [0.2, 0.25) is 0 Å². The molecule has 3 N–H and O–H groups in total. The standard InChI is InChI=1S/C17H16FN3O4/c18-10-3-1-9(2-4-10)13-11-5-6-21(16(11)20-8-19-13)17-15(24)14(23)12(7-22)25-17/h1-6,8,12,14-15,17,22-24H,7H2/t12-,14-,15-,17?/m1/s1. The molecule has 1 aliphatic heterocycles. The molecule has 130 valence electrons. The van der Waals surface area contributed by atoms with Gasteiger partial charge in [0, 0.05) is 17.1 Å². The van der Waals surface area contributed by atoms with Gasteiger partial charge in [0.05, 0.1) is 12.3 Å². The molecule has 25 heavy (non-hydrogen) atoms. The van der Waals surface area contributed by atoms with Gasteiger partial charge in [-0.05, 0) is 30.3 Å². The monoisotopic (exact) mass is 345 g/mol. The predicted octanol–water partition coefficient (Wildman–Crippen LogP) is 0.849. The zero-order chi connectivity index (χ0) is 17.6. The summed E-state index contributed by atoms with van der Waals surface area (Å²) in [6.07, 6.45) is -1.08. The van der Waals surface area contributed by atoms with Gasteiger partial charge in [0.15, 0.2) is 6.23 Å². The largest absolute Gasteiger partial charge is 0.394 e. The summed E-state index contributed by atoms with van der Waals surface area (Å²) < 4.78 is 20.3. The normalized spacial score (nSPS) is 26.4. The van der Waals surface area contributed by atoms with Gasteiger partial charge < -0.3 is 24.6 Å². The number of aromatic nitrogens is 3. The number of fused-ring (bicyclic) bond motifs is 1. The Hall–Kier alpha value is -2.39. The Morgan fingerprint density at radius 1 is 1.08 bits per heavy atom. The van der Waals surface area contributed by atoms with E-state index in [1.165, 1.54) is 18.5 Å². The van der Waals surface area contributed by atoms with Crippen LogP contribution in [-0.2, 0) is 4.74 Å². The average molecular weight is 345 g/mol. The fourth-order valence-corrected chi connectivity index (χ4v) is 3.12. The third-order valence-corrected chi connectivity index (χ3v) is 4.42. The second-order valence-corrected chi connectivity index (χ2v) is 5.92. The molecule has 8 heteroatoms. The molecule has 2 aromatic heterocycles. The molecule has 0 spiro atoms. The number of aliphatic hydroxyl groups excluding tert-OH is 3. The lowest BCUT2D eigenvalue weighted by Gasteiger charge is -2.17. The Balaban J connectivity index is 1.78. The van der Waals surface area contributed by atoms with Crippen molar-refractivity contribution < 1.29 is 24.4 Å². The highest BCUT2D eigenvalue weighted by atomic mass is 19.1. The number of halogens is 1. The van der Waals surface area contributed by atoms with Gasteiger partial charge >= 0.3 is 0 Å². The van der Waals surface area contributed by atoms with Crippen LogP contribution in [0.5, 0.6) is 0 Å². The van der Waals surface area contributed by atoms with Gasteiger partial charge in [-0.3, -0.25) is 0 Å². The van der Waals surface area contributed by atoms with Crippen LogP contribution in [0.4, 0.5) is 4.39 Å². The SMILES string of the molecule is OC[C@H]1OC(n2ccc3c(-c4ccc(F)cc4)ncnc32)[C@H](O)[C@@H]1O. The van der Waals surface area contributed by atoms with Gasteiger partial charge in [0.25, 0.3) is 0 Å². The molecule has 1 aromatic carbocycles. The lowest BCUT2D eigenvalue weighted by Crippen LogP contribution is -2.33. The van der Waals surface area contributed by atoms with Crippen LogP contribution < -0.4 is 0 Å². The molecule has 1 aliphatic rings. The molecule has 0 bridgehead atoms. The maximum Gasteiger partial charge on any atom is 0.164 e. The summed E-state index contributed by atoms with van der Waals surface area (Å²) >= 11 is 0. The number of benzene rings is 1. The van der Waals surface area contributed by atoms with E-state index in [2.05, 4.69) is 9.97 Å². The van der Waals surface area contributed by atoms with E-state index >= 15 is 0 Å². The van der Waals surface area contributed by atoms with Crippen molar-refractivity contribution in [2.75, 3.05) is 6.61 Å². The molecule has 1 saturated heterocycles. The van der Waals surface area contributed by atoms with Crippen LogP contribution in [0.25, 0.3) is 22.3 Å². The lowest BCUT2D eigenvalue weighted by atomic mass is 10.1. The van der Waals surface area contributed by atoms with Crippen molar-refractivity contribution in [2.45, 2.75) is 24.5 Å². The molecule has 7 nitrogen and oxygen atoms in total. The molecule has 1 unspecified atom stereocenters. The van der Waals surface area contributed by atoms with Gasteiger partial charge in [-0.2, -0.15) is 0 Å². The first-order valence-electron chi connectivity index (χ1n) is 7.80. The average Bonchev–Trinajstić information content (AvgIpc) is 3.17. The molecular weight excluding hydrogens is 329 g/mol. The van der Waals surface area contributed by atoms with E-state index in [0.29, 0.717) is 16.7 Å². The molecule has 0 amide bonds. The third kappa shape index (κ3) is 2.59. The Bertz CT molecular complexity index is 899. The molecule has 0 radical (unpaired) electrons. The van der Waals surface area contributed by atoms with Gasteiger partial charge in [-0.15, -0.1) is 0 Å². The van der Waals surface area contributed by atoms with Crippen LogP contribution in [0, 0.1) is 5.82 Å². The Kier molecular flexibility index (Phi) is 3.97. The number of rotatable bonds is 3. The lowest BCUT2D eigenvalue weighted by molar-refractivity contribution is -0.0508. The smallest absolute Gasteiger partial charge is 0.164 e. The number of aliphatic hydroxyl groups is 3. The molecule has 4 rings (SSSR count). The van der Waals surface area contributed by atoms with Crippen molar-refractivity contribution in [1.82, 2.24) is 14.5 Å². The topological polar surface area (TPSA) is 101 Å². The summed E-state index contributed by atoms with van der Waals surface area (Å²) in [5.74, 6) is -0.335. The van der Waals surface area contributed by atoms with Crippen molar-refractivity contribution >= 4 is 11.0 Å². The Morgan fingerprint density at radius 3 is 2.52 bits per heavy atom. The highest BCUT2D eigenvalue weighted by molar-refractivity contribution is 5.90. The van der Waals surface area contributed by atoms with Crippen molar-refractivity contribution in [1.29, 1.82) is 0 Å². The molecule has 3 heterocycles. The van der Waals surface area contributed by atoms with Crippen molar-refractivity contribution in [3.05, 3.63) is 48.7 Å². The maximum absolute atomic E-state index is 13.1. The summed E-state index contributed by atoms with van der Waals surface area (Å²) in [4.78, 5) is 8.51. The zero-order valence-electron chi connectivity index (χ0n) is 13.0. The van der Waals surface area contributed by atoms with E-state index in [4.69, 9.17) is 4.74 Å². The minimum atomic E-state index is -1.20. The van der Waals surface area contributed by atoms with E-state index in [-0.39, 0.29) is 5.82 Å². The van der Waals surface area contributed by atoms with E-state index in [9.17, 15) is 19.7 Å². The number of hydrogen-bond donors (Lipinski definition) is 3. The molecule has 0 saturated carbocycles. The highest BCUT2D eigenvalue weighted by Gasteiger charge is 2.43. The Labute approximate surface area is 142 Å². The fraction of sp³-hybridized carbons (Fsp3) is 0.294. The van der Waals surface area contributed by atoms with Crippen molar-refractivity contribution in [2.24, 2.45) is 0 Å². The third-order valence-electron chi connectivity index (χ3n) is 4.42. The first-order valence-corrected chi connectivity index (χ1v) is 7.80. The van der Waals surface area contributed by atoms with Crippen molar-refractivity contribution in [3.8, 4) is 11.3 Å². The number of ether oxygens (including phenoxy) is 1. The summed E-state index contributed by atoms with van der Waals surface area (Å²) in [5.41, 5.74) is 1.85. The second kappa shape index (κ2) is 6.16. The number of nitrogens with zero attached hydrogens (tertiary/aromatic N) is 3. The summed E-state index contributed by atoms with van der Waals surface area (Å²) in [6.45, 7) is -0.399. The highest BCUT2D eigenvalue weighted by Crippen LogP contribution is 2.34. The summed E-state index contributed by atoms with van der Waals surface area (Å²) in [7, 11) is 0. The minimum Gasteiger partial charge on any atom is -0.394 e. The van der Waals surface area contributed by atoms with E-state index in [1.54, 1.807) is 29.0 Å². The fourth-order valence-electron chi connectivity index (χ4n) is 3.12. The van der Waals surface area contributed by atoms with Gasteiger partial charge in [-0.25, -0.2) is 14.4 Å². The van der Waals surface area contributed by atoms with Crippen LogP contribution in [0.1, 0.15) is 6.23 Å². The van der Waals surface area contributed by atoms with Crippen molar-refractivity contribution in [3.63, 3.8) is 0 Å². The molecule has 0 aliphatic carbocycles. The van der Waals surface area contributed by atoms with Gasteiger partial charge in [-0.1, -0.05) is 0 Å². The first-order chi connectivity index (χ1) is 12.1. The summed E-state index contributed by atoms with van der Waals surface area (Å²) in [5, 5.41) is 30.1. The maximum atomic E-state index is 13.1. The molecule has 4 atom stereocenters. The van der Waals surface area contributed by atoms with Gasteiger partial charge in [0.1, 0.15) is 36.1 Å². The summed E-state index contributed by atoms with van der Waals surface area (Å²) in [6, 6.07) is 7.73. The second-order valence-electron chi connectivity index (χ2n) is 5.92. The first kappa shape index (κ1) is 16.1. The van der Waals surface area contributed by atoms with Crippen LogP contribution in [0.3, 0.4) is 0 Å². The zero-order valence-corrected chi connectivity index (χ0v) is 13.0.